The van der Waals surface area contributed by atoms with E-state index in [1.54, 1.807) is 22.9 Å². The number of carbonyl (C=O) groups is 2. The number of aryl methyl sites for hydroxylation is 1. The van der Waals surface area contributed by atoms with Gasteiger partial charge < -0.3 is 10.1 Å². The molecule has 7 nitrogen and oxygen atoms in total. The van der Waals surface area contributed by atoms with Crippen LogP contribution >= 0.6 is 0 Å². The zero-order valence-electron chi connectivity index (χ0n) is 16.8. The number of nitrogens with one attached hydrogen (secondary N) is 1. The molecule has 0 aliphatic rings. The zero-order valence-corrected chi connectivity index (χ0v) is 16.8. The number of carbonyl (C=O) groups excluding carboxylic acids is 2. The first kappa shape index (κ1) is 19.6. The minimum atomic E-state index is -0.573. The maximum atomic E-state index is 12.3. The molecule has 30 heavy (non-hydrogen) atoms. The van der Waals surface area contributed by atoms with Crippen molar-refractivity contribution in [3.63, 3.8) is 0 Å². The van der Waals surface area contributed by atoms with Gasteiger partial charge in [-0.1, -0.05) is 47.7 Å². The number of nitrogens with zero attached hydrogens (tertiary/aromatic N) is 3. The van der Waals surface area contributed by atoms with E-state index in [9.17, 15) is 9.59 Å². The second-order valence-corrected chi connectivity index (χ2v) is 7.04. The average molecular weight is 402 g/mol. The summed E-state index contributed by atoms with van der Waals surface area (Å²) in [6.45, 7) is 4.21. The quantitative estimate of drug-likeness (QED) is 0.498. The molecule has 1 aromatic heterocycles. The molecule has 1 N–H and O–H groups in total. The molecule has 0 aliphatic heterocycles. The van der Waals surface area contributed by atoms with Crippen molar-refractivity contribution in [2.45, 2.75) is 26.4 Å². The third kappa shape index (κ3) is 3.87. The molecule has 1 amide bonds. The molecule has 0 saturated carbocycles. The van der Waals surface area contributed by atoms with Gasteiger partial charge >= 0.3 is 5.97 Å². The van der Waals surface area contributed by atoms with Crippen LogP contribution in [0.25, 0.3) is 21.8 Å². The summed E-state index contributed by atoms with van der Waals surface area (Å²) >= 11 is 0. The zero-order chi connectivity index (χ0) is 21.1. The van der Waals surface area contributed by atoms with Crippen LogP contribution in [0.5, 0.6) is 0 Å². The molecular weight excluding hydrogens is 380 g/mol. The van der Waals surface area contributed by atoms with Crippen molar-refractivity contribution in [1.29, 1.82) is 0 Å². The molecule has 0 spiro atoms. The summed E-state index contributed by atoms with van der Waals surface area (Å²) in [5, 5.41) is 13.2. The number of benzene rings is 3. The minimum Gasteiger partial charge on any atom is -0.452 e. The Kier molecular flexibility index (Phi) is 5.43. The van der Waals surface area contributed by atoms with Crippen molar-refractivity contribution in [3.8, 4) is 0 Å². The van der Waals surface area contributed by atoms with Gasteiger partial charge in [-0.3, -0.25) is 4.79 Å². The Bertz CT molecular complexity index is 1230. The highest BCUT2D eigenvalue weighted by molar-refractivity contribution is 5.95. The monoisotopic (exact) mass is 402 g/mol. The highest BCUT2D eigenvalue weighted by Gasteiger charge is 2.16. The number of rotatable bonds is 6. The van der Waals surface area contributed by atoms with Gasteiger partial charge in [0.1, 0.15) is 5.52 Å². The van der Waals surface area contributed by atoms with Gasteiger partial charge in [0.05, 0.1) is 17.1 Å². The van der Waals surface area contributed by atoms with Crippen molar-refractivity contribution in [2.24, 2.45) is 0 Å². The van der Waals surface area contributed by atoms with Gasteiger partial charge in [-0.05, 0) is 48.4 Å². The first-order chi connectivity index (χ1) is 14.6. The smallest absolute Gasteiger partial charge is 0.338 e. The van der Waals surface area contributed by atoms with Crippen LogP contribution < -0.4 is 5.32 Å². The predicted octanol–water partition coefficient (Wildman–Crippen LogP) is 3.64. The largest absolute Gasteiger partial charge is 0.452 e. The number of aromatic nitrogens is 3. The molecule has 0 fully saturated rings. The first-order valence-electron chi connectivity index (χ1n) is 9.84. The van der Waals surface area contributed by atoms with Crippen LogP contribution in [-0.2, 0) is 16.1 Å². The Labute approximate surface area is 173 Å². The van der Waals surface area contributed by atoms with Gasteiger partial charge in [0.25, 0.3) is 5.91 Å². The Morgan fingerprint density at radius 3 is 2.73 bits per heavy atom. The van der Waals surface area contributed by atoms with Crippen LogP contribution in [0.3, 0.4) is 0 Å². The summed E-state index contributed by atoms with van der Waals surface area (Å²) in [7, 11) is 0. The first-order valence-corrected chi connectivity index (χ1v) is 9.84. The van der Waals surface area contributed by atoms with Crippen LogP contribution in [0.4, 0.5) is 0 Å². The fourth-order valence-electron chi connectivity index (χ4n) is 3.54. The lowest BCUT2D eigenvalue weighted by molar-refractivity contribution is -0.124. The second-order valence-electron chi connectivity index (χ2n) is 7.04. The Hall–Kier alpha value is -3.74. The van der Waals surface area contributed by atoms with E-state index in [-0.39, 0.29) is 18.6 Å². The lowest BCUT2D eigenvalue weighted by Crippen LogP contribution is -2.31. The second kappa shape index (κ2) is 8.32. The topological polar surface area (TPSA) is 86.1 Å². The molecule has 1 atom stereocenters. The third-order valence-electron chi connectivity index (χ3n) is 5.05. The SMILES string of the molecule is CCn1nnc2cc(C(=O)OCC(=O)N[C@@H](C)c3cccc4ccccc34)ccc21. The molecule has 0 saturated heterocycles. The van der Waals surface area contributed by atoms with E-state index in [0.29, 0.717) is 17.6 Å². The summed E-state index contributed by atoms with van der Waals surface area (Å²) < 4.78 is 6.93. The Morgan fingerprint density at radius 2 is 1.90 bits per heavy atom. The van der Waals surface area contributed by atoms with Crippen molar-refractivity contribution in [3.05, 3.63) is 71.8 Å². The van der Waals surface area contributed by atoms with Crippen molar-refractivity contribution >= 4 is 33.7 Å². The average Bonchev–Trinajstić information content (AvgIpc) is 3.19. The third-order valence-corrected chi connectivity index (χ3v) is 5.05. The number of amides is 1. The molecule has 4 rings (SSSR count). The molecule has 0 bridgehead atoms. The van der Waals surface area contributed by atoms with Gasteiger partial charge in [0.15, 0.2) is 6.61 Å². The summed E-state index contributed by atoms with van der Waals surface area (Å²) in [4.78, 5) is 24.7. The normalized spacial score (nSPS) is 12.1. The van der Waals surface area contributed by atoms with Gasteiger partial charge in [-0.25, -0.2) is 9.48 Å². The van der Waals surface area contributed by atoms with Crippen molar-refractivity contribution in [1.82, 2.24) is 20.3 Å². The Morgan fingerprint density at radius 1 is 1.10 bits per heavy atom. The summed E-state index contributed by atoms with van der Waals surface area (Å²) in [6, 6.07) is 18.8. The summed E-state index contributed by atoms with van der Waals surface area (Å²) in [5.41, 5.74) is 2.80. The van der Waals surface area contributed by atoms with Crippen LogP contribution in [0.1, 0.15) is 35.8 Å². The lowest BCUT2D eigenvalue weighted by atomic mass is 10.00. The van der Waals surface area contributed by atoms with Gasteiger partial charge in [0, 0.05) is 6.54 Å². The summed E-state index contributed by atoms with van der Waals surface area (Å²) in [5.74, 6) is -0.933. The van der Waals surface area contributed by atoms with E-state index < -0.39 is 5.97 Å². The van der Waals surface area contributed by atoms with E-state index in [1.807, 2.05) is 56.3 Å². The van der Waals surface area contributed by atoms with Gasteiger partial charge in [-0.15, -0.1) is 5.10 Å². The fourth-order valence-corrected chi connectivity index (χ4v) is 3.54. The lowest BCUT2D eigenvalue weighted by Gasteiger charge is -2.16. The number of hydrogen-bond acceptors (Lipinski definition) is 5. The van der Waals surface area contributed by atoms with Gasteiger partial charge in [0.2, 0.25) is 0 Å². The van der Waals surface area contributed by atoms with Crippen LogP contribution in [0, 0.1) is 0 Å². The molecule has 1 heterocycles. The number of fused-ring (bicyclic) bond motifs is 2. The maximum Gasteiger partial charge on any atom is 0.338 e. The molecule has 3 aromatic carbocycles. The predicted molar refractivity (Wildman–Crippen MR) is 114 cm³/mol. The van der Waals surface area contributed by atoms with E-state index in [2.05, 4.69) is 15.6 Å². The standard InChI is InChI=1S/C23H22N4O3/c1-3-27-21-12-11-17(13-20(21)25-26-27)23(29)30-14-22(28)24-15(2)18-10-6-8-16-7-4-5-9-19(16)18/h4-13,15H,3,14H2,1-2H3,(H,24,28)/t15-/m0/s1. The molecule has 0 aliphatic carbocycles. The van der Waals surface area contributed by atoms with E-state index in [1.165, 1.54) is 0 Å². The molecule has 152 valence electrons. The number of hydrogen-bond donors (Lipinski definition) is 1. The van der Waals surface area contributed by atoms with Crippen LogP contribution in [0.15, 0.2) is 60.7 Å². The van der Waals surface area contributed by atoms with Gasteiger partial charge in [-0.2, -0.15) is 0 Å². The Balaban J connectivity index is 1.39. The maximum absolute atomic E-state index is 12.3. The fraction of sp³-hybridized carbons (Fsp3) is 0.217. The highest BCUT2D eigenvalue weighted by Crippen LogP contribution is 2.24. The van der Waals surface area contributed by atoms with E-state index in [0.717, 1.165) is 21.9 Å². The van der Waals surface area contributed by atoms with Crippen molar-refractivity contribution in [2.75, 3.05) is 6.61 Å². The minimum absolute atomic E-state index is 0.220. The van der Waals surface area contributed by atoms with Crippen LogP contribution in [-0.4, -0.2) is 33.5 Å². The van der Waals surface area contributed by atoms with Crippen molar-refractivity contribution < 1.29 is 14.3 Å². The molecule has 7 heteroatoms. The highest BCUT2D eigenvalue weighted by atomic mass is 16.5. The molecule has 0 radical (unpaired) electrons. The van der Waals surface area contributed by atoms with E-state index >= 15 is 0 Å². The van der Waals surface area contributed by atoms with Crippen LogP contribution in [0.2, 0.25) is 0 Å². The molecule has 0 unspecified atom stereocenters. The molecule has 4 aromatic rings. The molecular formula is C23H22N4O3. The summed E-state index contributed by atoms with van der Waals surface area (Å²) in [6.07, 6.45) is 0. The van der Waals surface area contributed by atoms with E-state index in [4.69, 9.17) is 4.74 Å². The number of esters is 1. The number of ether oxygens (including phenoxy) is 1.